The second kappa shape index (κ2) is 11.1. The van der Waals surface area contributed by atoms with Crippen LogP contribution < -0.4 is 0 Å². The lowest BCUT2D eigenvalue weighted by atomic mass is 9.81. The van der Waals surface area contributed by atoms with E-state index in [0.29, 0.717) is 0 Å². The predicted molar refractivity (Wildman–Crippen MR) is 108 cm³/mol. The molecule has 25 heavy (non-hydrogen) atoms. The molecule has 0 spiro atoms. The van der Waals surface area contributed by atoms with E-state index in [1.807, 2.05) is 0 Å². The maximum atomic E-state index is 6.45. The highest BCUT2D eigenvalue weighted by atomic mass is 16.5. The summed E-state index contributed by atoms with van der Waals surface area (Å²) in [7, 11) is 0. The first-order chi connectivity index (χ1) is 12.3. The molecule has 0 aliphatic carbocycles. The van der Waals surface area contributed by atoms with Gasteiger partial charge in [0.25, 0.3) is 0 Å². The average Bonchev–Trinajstić information content (AvgIpc) is 2.68. The molecule has 2 rings (SSSR count). The molecule has 2 aromatic carbocycles. The van der Waals surface area contributed by atoms with Gasteiger partial charge in [0, 0.05) is 6.61 Å². The largest absolute Gasteiger partial charge is 0.366 e. The van der Waals surface area contributed by atoms with Crippen molar-refractivity contribution >= 4 is 0 Å². The van der Waals surface area contributed by atoms with Crippen LogP contribution in [0.5, 0.6) is 0 Å². The van der Waals surface area contributed by atoms with Gasteiger partial charge in [-0.15, -0.1) is 0 Å². The molecule has 0 saturated carbocycles. The molecule has 0 fully saturated rings. The minimum absolute atomic E-state index is 0.319. The fraction of sp³-hybridized carbons (Fsp3) is 0.500. The number of hydrogen-bond donors (Lipinski definition) is 0. The van der Waals surface area contributed by atoms with Gasteiger partial charge in [0.15, 0.2) is 0 Å². The summed E-state index contributed by atoms with van der Waals surface area (Å²) in [5.74, 6) is 0. The molecule has 136 valence electrons. The van der Waals surface area contributed by atoms with Gasteiger partial charge in [-0.1, -0.05) is 106 Å². The van der Waals surface area contributed by atoms with E-state index in [4.69, 9.17) is 4.74 Å². The second-order valence-corrected chi connectivity index (χ2v) is 6.86. The second-order valence-electron chi connectivity index (χ2n) is 6.86. The number of hydrogen-bond acceptors (Lipinski definition) is 1. The third kappa shape index (κ3) is 5.71. The Bertz CT molecular complexity index is 522. The third-order valence-corrected chi connectivity index (χ3v) is 5.00. The van der Waals surface area contributed by atoms with Crippen LogP contribution >= 0.6 is 0 Å². The predicted octanol–water partition coefficient (Wildman–Crippen LogP) is 7.11. The molecule has 0 aliphatic rings. The van der Waals surface area contributed by atoms with E-state index in [9.17, 15) is 0 Å². The Hall–Kier alpha value is -1.60. The first-order valence-corrected chi connectivity index (χ1v) is 10.1. The van der Waals surface area contributed by atoms with Crippen LogP contribution in [0.15, 0.2) is 60.7 Å². The lowest BCUT2D eigenvalue weighted by Crippen LogP contribution is -2.31. The molecule has 0 unspecified atom stereocenters. The molecular formula is C24H34O. The molecule has 1 nitrogen and oxygen atoms in total. The van der Waals surface area contributed by atoms with Crippen LogP contribution in [0.1, 0.15) is 76.3 Å². The Morgan fingerprint density at radius 2 is 1.12 bits per heavy atom. The maximum Gasteiger partial charge on any atom is 0.118 e. The Kier molecular flexibility index (Phi) is 8.76. The van der Waals surface area contributed by atoms with Crippen molar-refractivity contribution in [3.8, 4) is 0 Å². The highest BCUT2D eigenvalue weighted by Crippen LogP contribution is 2.38. The molecular weight excluding hydrogens is 304 g/mol. The first kappa shape index (κ1) is 19.7. The van der Waals surface area contributed by atoms with E-state index in [-0.39, 0.29) is 5.60 Å². The zero-order valence-corrected chi connectivity index (χ0v) is 16.0. The molecule has 0 atom stereocenters. The van der Waals surface area contributed by atoms with Gasteiger partial charge < -0.3 is 4.74 Å². The summed E-state index contributed by atoms with van der Waals surface area (Å²) >= 11 is 0. The number of rotatable bonds is 12. The number of ether oxygens (including phenoxy) is 1. The molecule has 0 aromatic heterocycles. The fourth-order valence-electron chi connectivity index (χ4n) is 3.69. The van der Waals surface area contributed by atoms with Crippen LogP contribution in [-0.2, 0) is 10.3 Å². The van der Waals surface area contributed by atoms with Crippen molar-refractivity contribution in [3.63, 3.8) is 0 Å². The molecule has 0 bridgehead atoms. The van der Waals surface area contributed by atoms with Crippen LogP contribution in [-0.4, -0.2) is 6.61 Å². The minimum atomic E-state index is -0.319. The SMILES string of the molecule is CCCCCCCCCC(OCC)(c1ccccc1)c1ccccc1. The molecule has 0 heterocycles. The summed E-state index contributed by atoms with van der Waals surface area (Å²) < 4.78 is 6.45. The van der Waals surface area contributed by atoms with E-state index >= 15 is 0 Å². The summed E-state index contributed by atoms with van der Waals surface area (Å²) in [6, 6.07) is 21.5. The Morgan fingerprint density at radius 3 is 1.60 bits per heavy atom. The Labute approximate surface area is 154 Å². The summed E-state index contributed by atoms with van der Waals surface area (Å²) in [6.45, 7) is 5.10. The van der Waals surface area contributed by atoms with E-state index in [1.165, 1.54) is 56.1 Å². The quantitative estimate of drug-likeness (QED) is 0.375. The monoisotopic (exact) mass is 338 g/mol. The van der Waals surface area contributed by atoms with Crippen molar-refractivity contribution in [2.45, 2.75) is 70.8 Å². The Balaban J connectivity index is 2.11. The average molecular weight is 339 g/mol. The van der Waals surface area contributed by atoms with Crippen LogP contribution in [0.3, 0.4) is 0 Å². The van der Waals surface area contributed by atoms with Crippen LogP contribution in [0.2, 0.25) is 0 Å². The molecule has 0 aliphatic heterocycles. The zero-order chi connectivity index (χ0) is 17.8. The van der Waals surface area contributed by atoms with Gasteiger partial charge in [-0.05, 0) is 30.9 Å². The van der Waals surface area contributed by atoms with Crippen molar-refractivity contribution < 1.29 is 4.74 Å². The molecule has 0 amide bonds. The van der Waals surface area contributed by atoms with Gasteiger partial charge in [0.1, 0.15) is 5.60 Å². The minimum Gasteiger partial charge on any atom is -0.366 e. The third-order valence-electron chi connectivity index (χ3n) is 5.00. The smallest absolute Gasteiger partial charge is 0.118 e. The van der Waals surface area contributed by atoms with Gasteiger partial charge in [0.2, 0.25) is 0 Å². The van der Waals surface area contributed by atoms with Crippen LogP contribution in [0.25, 0.3) is 0 Å². The van der Waals surface area contributed by atoms with Crippen molar-refractivity contribution in [1.29, 1.82) is 0 Å². The Morgan fingerprint density at radius 1 is 0.640 bits per heavy atom. The van der Waals surface area contributed by atoms with Gasteiger partial charge in [0.05, 0.1) is 0 Å². The molecule has 0 N–H and O–H groups in total. The van der Waals surface area contributed by atoms with Crippen molar-refractivity contribution in [2.75, 3.05) is 6.61 Å². The van der Waals surface area contributed by atoms with Gasteiger partial charge in [-0.2, -0.15) is 0 Å². The summed E-state index contributed by atoms with van der Waals surface area (Å²) in [5, 5.41) is 0. The van der Waals surface area contributed by atoms with E-state index in [2.05, 4.69) is 74.5 Å². The lowest BCUT2D eigenvalue weighted by Gasteiger charge is -2.35. The summed E-state index contributed by atoms with van der Waals surface area (Å²) in [5.41, 5.74) is 2.23. The van der Waals surface area contributed by atoms with Crippen LogP contribution in [0.4, 0.5) is 0 Å². The topological polar surface area (TPSA) is 9.23 Å². The van der Waals surface area contributed by atoms with E-state index < -0.39 is 0 Å². The molecule has 0 saturated heterocycles. The molecule has 0 radical (unpaired) electrons. The highest BCUT2D eigenvalue weighted by Gasteiger charge is 2.34. The summed E-state index contributed by atoms with van der Waals surface area (Å²) in [6.07, 6.45) is 10.3. The lowest BCUT2D eigenvalue weighted by molar-refractivity contribution is -0.0194. The normalized spacial score (nSPS) is 11.6. The molecule has 1 heteroatoms. The van der Waals surface area contributed by atoms with E-state index in [0.717, 1.165) is 13.0 Å². The van der Waals surface area contributed by atoms with Crippen molar-refractivity contribution in [3.05, 3.63) is 71.8 Å². The van der Waals surface area contributed by atoms with Gasteiger partial charge >= 0.3 is 0 Å². The standard InChI is InChI=1S/C24H34O/c1-3-5-6-7-8-9-16-21-24(25-4-2,22-17-12-10-13-18-22)23-19-14-11-15-20-23/h10-15,17-20H,3-9,16,21H2,1-2H3. The fourth-order valence-corrected chi connectivity index (χ4v) is 3.69. The number of benzene rings is 2. The zero-order valence-electron chi connectivity index (χ0n) is 16.0. The maximum absolute atomic E-state index is 6.45. The number of unbranched alkanes of at least 4 members (excludes halogenated alkanes) is 6. The van der Waals surface area contributed by atoms with Gasteiger partial charge in [-0.25, -0.2) is 0 Å². The van der Waals surface area contributed by atoms with Crippen molar-refractivity contribution in [1.82, 2.24) is 0 Å². The van der Waals surface area contributed by atoms with Gasteiger partial charge in [-0.3, -0.25) is 0 Å². The van der Waals surface area contributed by atoms with Crippen molar-refractivity contribution in [2.24, 2.45) is 0 Å². The van der Waals surface area contributed by atoms with E-state index in [1.54, 1.807) is 0 Å². The van der Waals surface area contributed by atoms with Crippen LogP contribution in [0, 0.1) is 0 Å². The highest BCUT2D eigenvalue weighted by molar-refractivity contribution is 5.36. The summed E-state index contributed by atoms with van der Waals surface area (Å²) in [4.78, 5) is 0. The molecule has 2 aromatic rings. The first-order valence-electron chi connectivity index (χ1n) is 10.1.